The number of carbonyl (C=O) groups is 2. The van der Waals surface area contributed by atoms with E-state index < -0.39 is 5.92 Å². The van der Waals surface area contributed by atoms with Crippen LogP contribution in [0.25, 0.3) is 0 Å². The number of ether oxygens (including phenoxy) is 1. The summed E-state index contributed by atoms with van der Waals surface area (Å²) in [6, 6.07) is 7.61. The zero-order chi connectivity index (χ0) is 15.9. The lowest BCUT2D eigenvalue weighted by Crippen LogP contribution is -2.37. The number of aryl methyl sites for hydroxylation is 1. The molecule has 1 aromatic rings. The number of nitrogens with one attached hydrogen (secondary N) is 1. The Labute approximate surface area is 132 Å². The van der Waals surface area contributed by atoms with Crippen LogP contribution in [0.1, 0.15) is 44.6 Å². The number of rotatable bonds is 5. The van der Waals surface area contributed by atoms with E-state index in [1.54, 1.807) is 6.92 Å². The summed E-state index contributed by atoms with van der Waals surface area (Å²) in [7, 11) is 0. The van der Waals surface area contributed by atoms with Gasteiger partial charge in [0.15, 0.2) is 0 Å². The van der Waals surface area contributed by atoms with Crippen molar-refractivity contribution in [2.75, 3.05) is 11.9 Å². The average Bonchev–Trinajstić information content (AvgIpc) is 2.49. The molecule has 0 heterocycles. The van der Waals surface area contributed by atoms with Crippen molar-refractivity contribution >= 4 is 17.6 Å². The summed E-state index contributed by atoms with van der Waals surface area (Å²) in [5, 5.41) is 2.88. The molecule has 0 bridgehead atoms. The molecule has 0 radical (unpaired) electrons. The molecule has 1 saturated carbocycles. The second-order valence-corrected chi connectivity index (χ2v) is 5.99. The van der Waals surface area contributed by atoms with Gasteiger partial charge in [-0.15, -0.1) is 0 Å². The fraction of sp³-hybridized carbons (Fsp3) is 0.556. The highest BCUT2D eigenvalue weighted by molar-refractivity contribution is 6.05. The molecule has 0 aromatic heterocycles. The second-order valence-electron chi connectivity index (χ2n) is 5.99. The molecule has 1 amide bonds. The van der Waals surface area contributed by atoms with Gasteiger partial charge in [-0.2, -0.15) is 0 Å². The maximum atomic E-state index is 12.6. The number of anilines is 1. The Morgan fingerprint density at radius 1 is 1.27 bits per heavy atom. The van der Waals surface area contributed by atoms with Crippen molar-refractivity contribution in [1.82, 2.24) is 0 Å². The topological polar surface area (TPSA) is 55.4 Å². The first-order valence-corrected chi connectivity index (χ1v) is 8.16. The minimum absolute atomic E-state index is 0.0950. The van der Waals surface area contributed by atoms with Gasteiger partial charge in [0.25, 0.3) is 0 Å². The third-order valence-electron chi connectivity index (χ3n) is 4.23. The van der Waals surface area contributed by atoms with Crippen LogP contribution in [0.5, 0.6) is 0 Å². The van der Waals surface area contributed by atoms with Crippen LogP contribution in [0.15, 0.2) is 24.3 Å². The molecular formula is C18H25NO3. The van der Waals surface area contributed by atoms with Crippen LogP contribution < -0.4 is 5.32 Å². The quantitative estimate of drug-likeness (QED) is 0.666. The van der Waals surface area contributed by atoms with E-state index in [4.69, 9.17) is 4.74 Å². The van der Waals surface area contributed by atoms with Crippen LogP contribution in [0.3, 0.4) is 0 Å². The summed E-state index contributed by atoms with van der Waals surface area (Å²) in [5.74, 6) is -1.23. The van der Waals surface area contributed by atoms with Crippen molar-refractivity contribution in [3.05, 3.63) is 29.8 Å². The van der Waals surface area contributed by atoms with E-state index >= 15 is 0 Å². The van der Waals surface area contributed by atoms with Gasteiger partial charge in [-0.1, -0.05) is 31.4 Å². The first-order valence-electron chi connectivity index (χ1n) is 8.16. The Kier molecular flexibility index (Phi) is 5.99. The van der Waals surface area contributed by atoms with Crippen LogP contribution in [-0.4, -0.2) is 18.5 Å². The molecule has 4 heteroatoms. The monoisotopic (exact) mass is 303 g/mol. The molecule has 1 atom stereocenters. The smallest absolute Gasteiger partial charge is 0.318 e. The molecule has 0 aliphatic heterocycles. The highest BCUT2D eigenvalue weighted by Gasteiger charge is 2.36. The van der Waals surface area contributed by atoms with Gasteiger partial charge in [0.05, 0.1) is 6.61 Å². The number of hydrogen-bond donors (Lipinski definition) is 1. The number of amides is 1. The molecular weight excluding hydrogens is 278 g/mol. The summed E-state index contributed by atoms with van der Waals surface area (Å²) in [5.41, 5.74) is 1.80. The van der Waals surface area contributed by atoms with Crippen LogP contribution in [-0.2, 0) is 14.3 Å². The summed E-state index contributed by atoms with van der Waals surface area (Å²) in [4.78, 5) is 24.9. The van der Waals surface area contributed by atoms with Crippen molar-refractivity contribution in [2.45, 2.75) is 46.0 Å². The molecule has 1 aromatic carbocycles. The van der Waals surface area contributed by atoms with Gasteiger partial charge in [-0.25, -0.2) is 0 Å². The molecule has 1 aliphatic rings. The molecule has 2 rings (SSSR count). The molecule has 0 saturated heterocycles. The Balaban J connectivity index is 2.12. The minimum atomic E-state index is -0.694. The maximum absolute atomic E-state index is 12.6. The van der Waals surface area contributed by atoms with E-state index in [0.29, 0.717) is 6.61 Å². The van der Waals surface area contributed by atoms with Crippen molar-refractivity contribution in [3.8, 4) is 0 Å². The normalized spacial score (nSPS) is 16.8. The van der Waals surface area contributed by atoms with Crippen LogP contribution >= 0.6 is 0 Å². The summed E-state index contributed by atoms with van der Waals surface area (Å²) in [6.45, 7) is 4.05. The molecule has 1 fully saturated rings. The molecule has 4 nitrogen and oxygen atoms in total. The van der Waals surface area contributed by atoms with Crippen molar-refractivity contribution < 1.29 is 14.3 Å². The maximum Gasteiger partial charge on any atom is 0.318 e. The zero-order valence-corrected chi connectivity index (χ0v) is 13.4. The number of esters is 1. The van der Waals surface area contributed by atoms with Crippen molar-refractivity contribution in [1.29, 1.82) is 0 Å². The first-order chi connectivity index (χ1) is 10.6. The van der Waals surface area contributed by atoms with Crippen molar-refractivity contribution in [2.24, 2.45) is 11.8 Å². The van der Waals surface area contributed by atoms with E-state index in [1.165, 1.54) is 6.42 Å². The fourth-order valence-electron chi connectivity index (χ4n) is 3.16. The Hall–Kier alpha value is -1.84. The fourth-order valence-corrected chi connectivity index (χ4v) is 3.16. The highest BCUT2D eigenvalue weighted by atomic mass is 16.5. The highest BCUT2D eigenvalue weighted by Crippen LogP contribution is 2.31. The number of carbonyl (C=O) groups excluding carboxylic acids is 2. The van der Waals surface area contributed by atoms with E-state index in [0.717, 1.165) is 36.9 Å². The third kappa shape index (κ3) is 4.33. The van der Waals surface area contributed by atoms with Gasteiger partial charge >= 0.3 is 5.97 Å². The lowest BCUT2D eigenvalue weighted by Gasteiger charge is -2.28. The summed E-state index contributed by atoms with van der Waals surface area (Å²) < 4.78 is 5.14. The minimum Gasteiger partial charge on any atom is -0.465 e. The molecule has 0 spiro atoms. The Bertz CT molecular complexity index is 521. The van der Waals surface area contributed by atoms with E-state index in [9.17, 15) is 9.59 Å². The van der Waals surface area contributed by atoms with E-state index in [-0.39, 0.29) is 17.8 Å². The van der Waals surface area contributed by atoms with Gasteiger partial charge in [-0.3, -0.25) is 9.59 Å². The van der Waals surface area contributed by atoms with Gasteiger partial charge in [0.1, 0.15) is 5.92 Å². The zero-order valence-electron chi connectivity index (χ0n) is 13.4. The van der Waals surface area contributed by atoms with Gasteiger partial charge < -0.3 is 10.1 Å². The average molecular weight is 303 g/mol. The van der Waals surface area contributed by atoms with Crippen LogP contribution in [0.4, 0.5) is 5.69 Å². The molecule has 0 unspecified atom stereocenters. The molecule has 1 N–H and O–H groups in total. The number of hydrogen-bond acceptors (Lipinski definition) is 3. The van der Waals surface area contributed by atoms with Gasteiger partial charge in [0.2, 0.25) is 5.91 Å². The Morgan fingerprint density at radius 2 is 2.00 bits per heavy atom. The van der Waals surface area contributed by atoms with Crippen LogP contribution in [0, 0.1) is 18.8 Å². The van der Waals surface area contributed by atoms with E-state index in [1.807, 2.05) is 31.2 Å². The molecule has 22 heavy (non-hydrogen) atoms. The second kappa shape index (κ2) is 7.97. The van der Waals surface area contributed by atoms with Gasteiger partial charge in [-0.05, 0) is 50.3 Å². The van der Waals surface area contributed by atoms with Gasteiger partial charge in [0, 0.05) is 5.69 Å². The largest absolute Gasteiger partial charge is 0.465 e. The van der Waals surface area contributed by atoms with E-state index in [2.05, 4.69) is 5.32 Å². The van der Waals surface area contributed by atoms with Crippen molar-refractivity contribution in [3.63, 3.8) is 0 Å². The molecule has 120 valence electrons. The lowest BCUT2D eigenvalue weighted by molar-refractivity contribution is -0.153. The molecule has 1 aliphatic carbocycles. The van der Waals surface area contributed by atoms with Crippen LogP contribution in [0.2, 0.25) is 0 Å². The Morgan fingerprint density at radius 3 is 2.64 bits per heavy atom. The summed E-state index contributed by atoms with van der Waals surface area (Å²) >= 11 is 0. The SMILES string of the molecule is CCOC(=O)[C@H](C(=O)Nc1cccc(C)c1)C1CCCCC1. The first kappa shape index (κ1) is 16.5. The number of benzene rings is 1. The standard InChI is InChI=1S/C18H25NO3/c1-3-22-18(21)16(14-9-5-4-6-10-14)17(20)19-15-11-7-8-13(2)12-15/h7-8,11-12,14,16H,3-6,9-10H2,1-2H3,(H,19,20)/t16-/m0/s1. The summed E-state index contributed by atoms with van der Waals surface area (Å²) in [6.07, 6.45) is 5.19. The predicted octanol–water partition coefficient (Wildman–Crippen LogP) is 3.69. The third-order valence-corrected chi connectivity index (χ3v) is 4.23. The lowest BCUT2D eigenvalue weighted by atomic mass is 9.79. The predicted molar refractivity (Wildman–Crippen MR) is 86.5 cm³/mol.